The SMILES string of the molecule is Cc1cc(C)n(C(C)CNC(=O)c2cccc(Br)c2)n1. The molecule has 1 amide bonds. The third kappa shape index (κ3) is 3.48. The molecule has 1 N–H and O–H groups in total. The van der Waals surface area contributed by atoms with Gasteiger partial charge < -0.3 is 5.32 Å². The van der Waals surface area contributed by atoms with E-state index in [9.17, 15) is 4.79 Å². The lowest BCUT2D eigenvalue weighted by Crippen LogP contribution is -2.30. The van der Waals surface area contributed by atoms with Crippen molar-refractivity contribution in [3.63, 3.8) is 0 Å². The van der Waals surface area contributed by atoms with Gasteiger partial charge in [0, 0.05) is 22.3 Å². The highest BCUT2D eigenvalue weighted by molar-refractivity contribution is 9.10. The Hall–Kier alpha value is -1.62. The first kappa shape index (κ1) is 14.8. The first-order valence-corrected chi connectivity index (χ1v) is 7.33. The Labute approximate surface area is 127 Å². The molecule has 1 unspecified atom stereocenters. The fourth-order valence-electron chi connectivity index (χ4n) is 2.15. The largest absolute Gasteiger partial charge is 0.350 e. The molecule has 0 radical (unpaired) electrons. The molecule has 0 fully saturated rings. The van der Waals surface area contributed by atoms with Gasteiger partial charge in [-0.05, 0) is 45.0 Å². The molecule has 2 aromatic rings. The monoisotopic (exact) mass is 335 g/mol. The lowest BCUT2D eigenvalue weighted by molar-refractivity contribution is 0.0947. The molecule has 1 aromatic heterocycles. The molecule has 4 nitrogen and oxygen atoms in total. The molecule has 0 saturated carbocycles. The average Bonchev–Trinajstić information content (AvgIpc) is 2.74. The summed E-state index contributed by atoms with van der Waals surface area (Å²) in [5.41, 5.74) is 2.75. The van der Waals surface area contributed by atoms with E-state index in [2.05, 4.69) is 26.3 Å². The van der Waals surface area contributed by atoms with Crippen LogP contribution in [0.15, 0.2) is 34.8 Å². The first-order chi connectivity index (χ1) is 9.47. The van der Waals surface area contributed by atoms with Gasteiger partial charge in [0.15, 0.2) is 0 Å². The predicted octanol–water partition coefficient (Wildman–Crippen LogP) is 3.25. The molecule has 1 heterocycles. The highest BCUT2D eigenvalue weighted by Gasteiger charge is 2.12. The fraction of sp³-hybridized carbons (Fsp3) is 0.333. The van der Waals surface area contributed by atoms with Crippen LogP contribution in [0.25, 0.3) is 0 Å². The molecule has 1 aromatic carbocycles. The van der Waals surface area contributed by atoms with Gasteiger partial charge in [0.2, 0.25) is 0 Å². The number of benzene rings is 1. The molecule has 0 aliphatic carbocycles. The summed E-state index contributed by atoms with van der Waals surface area (Å²) in [6, 6.07) is 9.52. The van der Waals surface area contributed by atoms with Crippen LogP contribution in [0, 0.1) is 13.8 Å². The van der Waals surface area contributed by atoms with Crippen LogP contribution in [-0.4, -0.2) is 22.2 Å². The lowest BCUT2D eigenvalue weighted by atomic mass is 10.2. The third-order valence-corrected chi connectivity index (χ3v) is 3.60. The maximum absolute atomic E-state index is 12.1. The van der Waals surface area contributed by atoms with Crippen LogP contribution < -0.4 is 5.32 Å². The summed E-state index contributed by atoms with van der Waals surface area (Å²) in [6.07, 6.45) is 0. The Bertz CT molecular complexity index is 621. The molecule has 0 aliphatic heterocycles. The second kappa shape index (κ2) is 6.22. The standard InChI is InChI=1S/C15H18BrN3O/c1-10-7-11(2)19(18-10)12(3)9-17-15(20)13-5-4-6-14(16)8-13/h4-8,12H,9H2,1-3H3,(H,17,20). The van der Waals surface area contributed by atoms with E-state index in [0.29, 0.717) is 12.1 Å². The fourth-order valence-corrected chi connectivity index (χ4v) is 2.55. The molecule has 20 heavy (non-hydrogen) atoms. The molecular formula is C15H18BrN3O. The highest BCUT2D eigenvalue weighted by atomic mass is 79.9. The van der Waals surface area contributed by atoms with E-state index in [0.717, 1.165) is 15.9 Å². The molecule has 0 saturated heterocycles. The summed E-state index contributed by atoms with van der Waals surface area (Å²) < 4.78 is 2.84. The summed E-state index contributed by atoms with van der Waals surface area (Å²) in [5, 5.41) is 7.37. The van der Waals surface area contributed by atoms with Crippen molar-refractivity contribution in [1.29, 1.82) is 0 Å². The van der Waals surface area contributed by atoms with Crippen molar-refractivity contribution < 1.29 is 4.79 Å². The molecule has 0 spiro atoms. The zero-order valence-corrected chi connectivity index (χ0v) is 13.4. The van der Waals surface area contributed by atoms with Crippen molar-refractivity contribution in [2.24, 2.45) is 0 Å². The van der Waals surface area contributed by atoms with Crippen LogP contribution in [0.4, 0.5) is 0 Å². The van der Waals surface area contributed by atoms with Crippen molar-refractivity contribution in [2.75, 3.05) is 6.54 Å². The Morgan fingerprint density at radius 1 is 1.40 bits per heavy atom. The molecule has 0 bridgehead atoms. The number of aryl methyl sites for hydroxylation is 2. The van der Waals surface area contributed by atoms with Gasteiger partial charge in [-0.1, -0.05) is 22.0 Å². The average molecular weight is 336 g/mol. The minimum absolute atomic E-state index is 0.0697. The van der Waals surface area contributed by atoms with Gasteiger partial charge in [-0.2, -0.15) is 5.10 Å². The number of carbonyl (C=O) groups excluding carboxylic acids is 1. The number of carbonyl (C=O) groups is 1. The number of aromatic nitrogens is 2. The summed E-state index contributed by atoms with van der Waals surface area (Å²) in [4.78, 5) is 12.1. The zero-order chi connectivity index (χ0) is 14.7. The number of amides is 1. The molecular weight excluding hydrogens is 318 g/mol. The van der Waals surface area contributed by atoms with Crippen LogP contribution in [0.5, 0.6) is 0 Å². The van der Waals surface area contributed by atoms with E-state index >= 15 is 0 Å². The minimum Gasteiger partial charge on any atom is -0.350 e. The number of hydrogen-bond donors (Lipinski definition) is 1. The third-order valence-electron chi connectivity index (χ3n) is 3.11. The molecule has 1 atom stereocenters. The van der Waals surface area contributed by atoms with E-state index in [1.54, 1.807) is 6.07 Å². The summed E-state index contributed by atoms with van der Waals surface area (Å²) in [7, 11) is 0. The summed E-state index contributed by atoms with van der Waals surface area (Å²) in [5.74, 6) is -0.0697. The van der Waals surface area contributed by atoms with Crippen LogP contribution in [0.2, 0.25) is 0 Å². The van der Waals surface area contributed by atoms with Crippen molar-refractivity contribution in [1.82, 2.24) is 15.1 Å². The highest BCUT2D eigenvalue weighted by Crippen LogP contribution is 2.12. The number of rotatable bonds is 4. The molecule has 5 heteroatoms. The van der Waals surface area contributed by atoms with Crippen LogP contribution in [0.3, 0.4) is 0 Å². The van der Waals surface area contributed by atoms with Crippen LogP contribution in [-0.2, 0) is 0 Å². The van der Waals surface area contributed by atoms with Crippen molar-refractivity contribution >= 4 is 21.8 Å². The topological polar surface area (TPSA) is 46.9 Å². The number of halogens is 1. The Balaban J connectivity index is 1.98. The predicted molar refractivity (Wildman–Crippen MR) is 82.9 cm³/mol. The lowest BCUT2D eigenvalue weighted by Gasteiger charge is -2.15. The van der Waals surface area contributed by atoms with Crippen LogP contribution >= 0.6 is 15.9 Å². The molecule has 106 valence electrons. The second-order valence-corrected chi connectivity index (χ2v) is 5.86. The van der Waals surface area contributed by atoms with E-state index in [-0.39, 0.29) is 11.9 Å². The van der Waals surface area contributed by atoms with Gasteiger partial charge in [0.05, 0.1) is 11.7 Å². The van der Waals surface area contributed by atoms with Crippen molar-refractivity contribution in [2.45, 2.75) is 26.8 Å². The number of nitrogens with zero attached hydrogens (tertiary/aromatic N) is 2. The zero-order valence-electron chi connectivity index (χ0n) is 11.9. The quantitative estimate of drug-likeness (QED) is 0.932. The van der Waals surface area contributed by atoms with Crippen molar-refractivity contribution in [3.8, 4) is 0 Å². The Kier molecular flexibility index (Phi) is 4.60. The van der Waals surface area contributed by atoms with E-state index < -0.39 is 0 Å². The second-order valence-electron chi connectivity index (χ2n) is 4.94. The normalized spacial score (nSPS) is 12.2. The maximum Gasteiger partial charge on any atom is 0.251 e. The van der Waals surface area contributed by atoms with Crippen LogP contribution in [0.1, 0.15) is 34.7 Å². The van der Waals surface area contributed by atoms with Gasteiger partial charge in [-0.3, -0.25) is 9.48 Å². The Morgan fingerprint density at radius 3 is 2.75 bits per heavy atom. The van der Waals surface area contributed by atoms with Gasteiger partial charge in [0.1, 0.15) is 0 Å². The molecule has 0 aliphatic rings. The Morgan fingerprint density at radius 2 is 2.15 bits per heavy atom. The van der Waals surface area contributed by atoms with Gasteiger partial charge >= 0.3 is 0 Å². The van der Waals surface area contributed by atoms with Gasteiger partial charge in [-0.15, -0.1) is 0 Å². The maximum atomic E-state index is 12.1. The van der Waals surface area contributed by atoms with E-state index in [4.69, 9.17) is 0 Å². The van der Waals surface area contributed by atoms with Gasteiger partial charge in [0.25, 0.3) is 5.91 Å². The van der Waals surface area contributed by atoms with E-state index in [1.165, 1.54) is 0 Å². The molecule has 2 rings (SSSR count). The number of nitrogens with one attached hydrogen (secondary N) is 1. The first-order valence-electron chi connectivity index (χ1n) is 6.54. The van der Waals surface area contributed by atoms with Gasteiger partial charge in [-0.25, -0.2) is 0 Å². The minimum atomic E-state index is -0.0697. The smallest absolute Gasteiger partial charge is 0.251 e. The van der Waals surface area contributed by atoms with Crippen molar-refractivity contribution in [3.05, 3.63) is 51.8 Å². The number of hydrogen-bond acceptors (Lipinski definition) is 2. The van der Waals surface area contributed by atoms with E-state index in [1.807, 2.05) is 49.7 Å². The summed E-state index contributed by atoms with van der Waals surface area (Å²) >= 11 is 3.37. The summed E-state index contributed by atoms with van der Waals surface area (Å²) in [6.45, 7) is 6.58.